The van der Waals surface area contributed by atoms with Crippen molar-refractivity contribution in [2.75, 3.05) is 11.4 Å². The van der Waals surface area contributed by atoms with Crippen molar-refractivity contribution in [3.05, 3.63) is 22.9 Å². The molecule has 1 aliphatic rings. The number of aryl methyl sites for hydroxylation is 2. The molecular weight excluding hydrogens is 244 g/mol. The number of alkyl halides is 1. The molecule has 0 aromatic carbocycles. The average Bonchev–Trinajstić information content (AvgIpc) is 2.53. The number of nitrogens with zero attached hydrogens (tertiary/aromatic N) is 2. The summed E-state index contributed by atoms with van der Waals surface area (Å²) in [6, 6.07) is 2.70. The highest BCUT2D eigenvalue weighted by Gasteiger charge is 2.21. The molecule has 2 nitrogen and oxygen atoms in total. The van der Waals surface area contributed by atoms with E-state index in [9.17, 15) is 0 Å². The van der Waals surface area contributed by atoms with Gasteiger partial charge in [-0.3, -0.25) is 0 Å². The molecule has 1 saturated heterocycles. The Labute approximate surface area is 115 Å². The lowest BCUT2D eigenvalue weighted by Crippen LogP contribution is -2.34. The molecule has 1 aliphatic heterocycles. The zero-order valence-electron chi connectivity index (χ0n) is 11.7. The fourth-order valence-corrected chi connectivity index (χ4v) is 3.17. The molecular formula is C15H23ClN2. The maximum atomic E-state index is 6.13. The summed E-state index contributed by atoms with van der Waals surface area (Å²) in [4.78, 5) is 7.23. The summed E-state index contributed by atoms with van der Waals surface area (Å²) in [5.74, 6) is 1.68. The third-order valence-corrected chi connectivity index (χ3v) is 4.18. The molecule has 1 unspecified atom stereocenters. The van der Waals surface area contributed by atoms with Crippen LogP contribution in [0.1, 0.15) is 49.4 Å². The highest BCUT2D eigenvalue weighted by atomic mass is 35.5. The standard InChI is InChI=1S/C15H23ClN2/c1-11-9-12(2)17-15(14(11)10-16)18-8-6-4-5-7-13(18)3/h9,13H,4-8,10H2,1-3H3. The fraction of sp³-hybridized carbons (Fsp3) is 0.667. The first kappa shape index (κ1) is 13.7. The first-order valence-corrected chi connectivity index (χ1v) is 7.46. The smallest absolute Gasteiger partial charge is 0.133 e. The second-order valence-corrected chi connectivity index (χ2v) is 5.68. The van der Waals surface area contributed by atoms with Gasteiger partial charge in [0.1, 0.15) is 5.82 Å². The van der Waals surface area contributed by atoms with Crippen LogP contribution >= 0.6 is 11.6 Å². The van der Waals surface area contributed by atoms with E-state index in [4.69, 9.17) is 16.6 Å². The third kappa shape index (κ3) is 2.80. The van der Waals surface area contributed by atoms with E-state index in [-0.39, 0.29) is 0 Å². The molecule has 0 bridgehead atoms. The molecule has 0 saturated carbocycles. The van der Waals surface area contributed by atoms with Crippen LogP contribution in [-0.4, -0.2) is 17.6 Å². The summed E-state index contributed by atoms with van der Waals surface area (Å²) < 4.78 is 0. The van der Waals surface area contributed by atoms with Crippen LogP contribution in [0.3, 0.4) is 0 Å². The van der Waals surface area contributed by atoms with Gasteiger partial charge < -0.3 is 4.90 Å². The van der Waals surface area contributed by atoms with Crippen molar-refractivity contribution in [3.63, 3.8) is 0 Å². The minimum absolute atomic E-state index is 0.553. The number of halogens is 1. The van der Waals surface area contributed by atoms with E-state index in [1.165, 1.54) is 36.8 Å². The molecule has 0 spiro atoms. The van der Waals surface area contributed by atoms with Crippen molar-refractivity contribution in [3.8, 4) is 0 Å². The Balaban J connectivity index is 2.41. The van der Waals surface area contributed by atoms with Gasteiger partial charge in [0.05, 0.1) is 5.88 Å². The maximum Gasteiger partial charge on any atom is 0.133 e. The lowest BCUT2D eigenvalue weighted by atomic mass is 10.1. The van der Waals surface area contributed by atoms with Gasteiger partial charge in [0.2, 0.25) is 0 Å². The lowest BCUT2D eigenvalue weighted by Gasteiger charge is -2.30. The first-order valence-electron chi connectivity index (χ1n) is 6.93. The van der Waals surface area contributed by atoms with Crippen LogP contribution in [-0.2, 0) is 5.88 Å². The second kappa shape index (κ2) is 5.92. The molecule has 2 rings (SSSR count). The number of anilines is 1. The molecule has 0 radical (unpaired) electrons. The van der Waals surface area contributed by atoms with Gasteiger partial charge in [-0.25, -0.2) is 4.98 Å². The van der Waals surface area contributed by atoms with E-state index in [1.807, 2.05) is 0 Å². The Bertz CT molecular complexity index is 417. The van der Waals surface area contributed by atoms with E-state index in [2.05, 4.69) is 31.7 Å². The third-order valence-electron chi connectivity index (χ3n) is 3.91. The number of hydrogen-bond donors (Lipinski definition) is 0. The molecule has 0 N–H and O–H groups in total. The predicted octanol–water partition coefficient (Wildman–Crippen LogP) is 4.21. The molecule has 1 atom stereocenters. The highest BCUT2D eigenvalue weighted by molar-refractivity contribution is 6.17. The molecule has 1 aromatic heterocycles. The first-order chi connectivity index (χ1) is 8.63. The zero-order chi connectivity index (χ0) is 13.1. The van der Waals surface area contributed by atoms with Crippen LogP contribution in [0.2, 0.25) is 0 Å². The number of aromatic nitrogens is 1. The topological polar surface area (TPSA) is 16.1 Å². The quantitative estimate of drug-likeness (QED) is 0.746. The highest BCUT2D eigenvalue weighted by Crippen LogP contribution is 2.29. The Morgan fingerprint density at radius 3 is 2.83 bits per heavy atom. The van der Waals surface area contributed by atoms with Crippen molar-refractivity contribution >= 4 is 17.4 Å². The van der Waals surface area contributed by atoms with Crippen molar-refractivity contribution in [1.29, 1.82) is 0 Å². The van der Waals surface area contributed by atoms with Crippen LogP contribution in [0.5, 0.6) is 0 Å². The van der Waals surface area contributed by atoms with E-state index in [0.29, 0.717) is 11.9 Å². The Hall–Kier alpha value is -0.760. The predicted molar refractivity (Wildman–Crippen MR) is 78.5 cm³/mol. The van der Waals surface area contributed by atoms with Gasteiger partial charge in [-0.2, -0.15) is 0 Å². The van der Waals surface area contributed by atoms with E-state index in [0.717, 1.165) is 18.1 Å². The Morgan fingerprint density at radius 2 is 2.11 bits per heavy atom. The number of pyridine rings is 1. The largest absolute Gasteiger partial charge is 0.354 e. The van der Waals surface area contributed by atoms with Gasteiger partial charge >= 0.3 is 0 Å². The molecule has 3 heteroatoms. The molecule has 2 heterocycles. The minimum atomic E-state index is 0.553. The molecule has 0 aliphatic carbocycles. The Morgan fingerprint density at radius 1 is 1.33 bits per heavy atom. The van der Waals surface area contributed by atoms with Crippen molar-refractivity contribution in [2.24, 2.45) is 0 Å². The molecule has 1 fully saturated rings. The lowest BCUT2D eigenvalue weighted by molar-refractivity contribution is 0.609. The maximum absolute atomic E-state index is 6.13. The zero-order valence-corrected chi connectivity index (χ0v) is 12.4. The molecule has 100 valence electrons. The summed E-state index contributed by atoms with van der Waals surface area (Å²) in [6.07, 6.45) is 5.19. The van der Waals surface area contributed by atoms with Crippen molar-refractivity contribution in [2.45, 2.75) is 58.4 Å². The second-order valence-electron chi connectivity index (χ2n) is 5.41. The average molecular weight is 267 g/mol. The Kier molecular flexibility index (Phi) is 4.50. The van der Waals surface area contributed by atoms with Crippen LogP contribution in [0.15, 0.2) is 6.07 Å². The minimum Gasteiger partial charge on any atom is -0.354 e. The molecule has 1 aromatic rings. The van der Waals surface area contributed by atoms with E-state index in [1.54, 1.807) is 0 Å². The van der Waals surface area contributed by atoms with Crippen LogP contribution < -0.4 is 4.90 Å². The normalized spacial score (nSPS) is 20.9. The molecule has 18 heavy (non-hydrogen) atoms. The van der Waals surface area contributed by atoms with Gasteiger partial charge in [-0.15, -0.1) is 11.6 Å². The van der Waals surface area contributed by atoms with Gasteiger partial charge in [0.15, 0.2) is 0 Å². The van der Waals surface area contributed by atoms with E-state index >= 15 is 0 Å². The van der Waals surface area contributed by atoms with Crippen molar-refractivity contribution < 1.29 is 0 Å². The van der Waals surface area contributed by atoms with E-state index < -0.39 is 0 Å². The van der Waals surface area contributed by atoms with Gasteiger partial charge in [-0.05, 0) is 45.2 Å². The van der Waals surface area contributed by atoms with Gasteiger partial charge in [-0.1, -0.05) is 12.8 Å². The van der Waals surface area contributed by atoms with Gasteiger partial charge in [0.25, 0.3) is 0 Å². The summed E-state index contributed by atoms with van der Waals surface area (Å²) in [7, 11) is 0. The summed E-state index contributed by atoms with van der Waals surface area (Å²) in [6.45, 7) is 7.62. The van der Waals surface area contributed by atoms with Crippen LogP contribution in [0.25, 0.3) is 0 Å². The summed E-state index contributed by atoms with van der Waals surface area (Å²) in [5.41, 5.74) is 3.56. The molecule has 0 amide bonds. The van der Waals surface area contributed by atoms with Crippen LogP contribution in [0, 0.1) is 13.8 Å². The number of hydrogen-bond acceptors (Lipinski definition) is 2. The van der Waals surface area contributed by atoms with Crippen molar-refractivity contribution in [1.82, 2.24) is 4.98 Å². The monoisotopic (exact) mass is 266 g/mol. The summed E-state index contributed by atoms with van der Waals surface area (Å²) in [5, 5.41) is 0. The number of rotatable bonds is 2. The SMILES string of the molecule is Cc1cc(C)c(CCl)c(N2CCCCCC2C)n1. The van der Waals surface area contributed by atoms with Crippen LogP contribution in [0.4, 0.5) is 5.82 Å². The van der Waals surface area contributed by atoms with Gasteiger partial charge in [0, 0.05) is 23.8 Å². The fourth-order valence-electron chi connectivity index (χ4n) is 2.84. The summed E-state index contributed by atoms with van der Waals surface area (Å²) >= 11 is 6.13.